The normalized spacial score (nSPS) is 8.42. The predicted molar refractivity (Wildman–Crippen MR) is 54.9 cm³/mol. The summed E-state index contributed by atoms with van der Waals surface area (Å²) in [6.45, 7) is 5.95. The summed E-state index contributed by atoms with van der Waals surface area (Å²) >= 11 is 5.75. The number of nitrogens with zero attached hydrogens (tertiary/aromatic N) is 1. The van der Waals surface area contributed by atoms with Gasteiger partial charge in [0.05, 0.1) is 5.02 Å². The van der Waals surface area contributed by atoms with E-state index in [0.717, 1.165) is 11.4 Å². The number of nitrogens with one attached hydrogen (secondary N) is 1. The highest BCUT2D eigenvalue weighted by Gasteiger charge is 1.95. The lowest BCUT2D eigenvalue weighted by atomic mass is 10.3. The van der Waals surface area contributed by atoms with Crippen LogP contribution in [0.15, 0.2) is 12.3 Å². The van der Waals surface area contributed by atoms with Crippen LogP contribution in [-0.2, 0) is 0 Å². The van der Waals surface area contributed by atoms with Crippen molar-refractivity contribution in [2.24, 2.45) is 0 Å². The molecular formula is C9H15ClN2. The minimum absolute atomic E-state index is 0.707. The van der Waals surface area contributed by atoms with E-state index < -0.39 is 0 Å². The van der Waals surface area contributed by atoms with E-state index in [4.69, 9.17) is 11.6 Å². The Kier molecular flexibility index (Phi) is 5.47. The number of halogens is 1. The molecule has 0 amide bonds. The first-order chi connectivity index (χ1) is 5.74. The van der Waals surface area contributed by atoms with Crippen molar-refractivity contribution in [1.29, 1.82) is 0 Å². The van der Waals surface area contributed by atoms with Crippen molar-refractivity contribution in [2.75, 3.05) is 12.4 Å². The molecule has 0 bridgehead atoms. The molecular weight excluding hydrogens is 172 g/mol. The van der Waals surface area contributed by atoms with E-state index in [1.54, 1.807) is 6.20 Å². The summed E-state index contributed by atoms with van der Waals surface area (Å²) in [6, 6.07) is 1.91. The molecule has 0 fully saturated rings. The Morgan fingerprint density at radius 3 is 2.42 bits per heavy atom. The van der Waals surface area contributed by atoms with E-state index in [2.05, 4.69) is 10.3 Å². The zero-order valence-corrected chi connectivity index (χ0v) is 8.74. The summed E-state index contributed by atoms with van der Waals surface area (Å²) in [7, 11) is 1.83. The van der Waals surface area contributed by atoms with Gasteiger partial charge in [0.25, 0.3) is 0 Å². The highest BCUT2D eigenvalue weighted by atomic mass is 35.5. The van der Waals surface area contributed by atoms with Gasteiger partial charge < -0.3 is 5.32 Å². The lowest BCUT2D eigenvalue weighted by molar-refractivity contribution is 1.26. The lowest BCUT2D eigenvalue weighted by Crippen LogP contribution is -1.91. The summed E-state index contributed by atoms with van der Waals surface area (Å²) in [6.07, 6.45) is 1.64. The quantitative estimate of drug-likeness (QED) is 0.729. The van der Waals surface area contributed by atoms with Gasteiger partial charge in [0.1, 0.15) is 5.82 Å². The monoisotopic (exact) mass is 186 g/mol. The van der Waals surface area contributed by atoms with E-state index in [-0.39, 0.29) is 0 Å². The molecule has 0 aromatic carbocycles. The zero-order chi connectivity index (χ0) is 9.56. The number of aromatic nitrogens is 1. The SMILES string of the molecule is CC.CNc1cc(C)c(Cl)cn1. The smallest absolute Gasteiger partial charge is 0.125 e. The van der Waals surface area contributed by atoms with E-state index in [1.807, 2.05) is 33.9 Å². The lowest BCUT2D eigenvalue weighted by Gasteiger charge is -2.00. The van der Waals surface area contributed by atoms with Crippen LogP contribution in [0.25, 0.3) is 0 Å². The second-order valence-corrected chi connectivity index (χ2v) is 2.48. The van der Waals surface area contributed by atoms with Gasteiger partial charge in [-0.15, -0.1) is 0 Å². The first kappa shape index (κ1) is 11.2. The maximum Gasteiger partial charge on any atom is 0.125 e. The first-order valence-electron chi connectivity index (χ1n) is 4.04. The molecule has 1 aromatic rings. The second-order valence-electron chi connectivity index (χ2n) is 2.07. The fourth-order valence-electron chi connectivity index (χ4n) is 0.676. The van der Waals surface area contributed by atoms with E-state index in [0.29, 0.717) is 5.02 Å². The number of anilines is 1. The molecule has 2 nitrogen and oxygen atoms in total. The number of hydrogen-bond donors (Lipinski definition) is 1. The maximum atomic E-state index is 5.75. The number of hydrogen-bond acceptors (Lipinski definition) is 2. The summed E-state index contributed by atoms with van der Waals surface area (Å²) in [4.78, 5) is 4.01. The Morgan fingerprint density at radius 1 is 1.42 bits per heavy atom. The standard InChI is InChI=1S/C7H9ClN2.C2H6/c1-5-3-7(9-2)10-4-6(5)8;1-2/h3-4H,1-2H3,(H,9,10);1-2H3. The van der Waals surface area contributed by atoms with Crippen LogP contribution in [0.3, 0.4) is 0 Å². The van der Waals surface area contributed by atoms with Crippen molar-refractivity contribution in [2.45, 2.75) is 20.8 Å². The average Bonchev–Trinajstić information content (AvgIpc) is 2.13. The highest BCUT2D eigenvalue weighted by molar-refractivity contribution is 6.31. The van der Waals surface area contributed by atoms with Gasteiger partial charge in [-0.05, 0) is 18.6 Å². The van der Waals surface area contributed by atoms with Gasteiger partial charge in [-0.2, -0.15) is 0 Å². The van der Waals surface area contributed by atoms with Crippen LogP contribution in [0.5, 0.6) is 0 Å². The molecule has 0 spiro atoms. The predicted octanol–water partition coefficient (Wildman–Crippen LogP) is 3.11. The van der Waals surface area contributed by atoms with Gasteiger partial charge in [-0.1, -0.05) is 25.4 Å². The van der Waals surface area contributed by atoms with Crippen LogP contribution < -0.4 is 5.32 Å². The second kappa shape index (κ2) is 5.84. The van der Waals surface area contributed by atoms with Crippen molar-refractivity contribution in [1.82, 2.24) is 4.98 Å². The molecule has 68 valence electrons. The van der Waals surface area contributed by atoms with Crippen LogP contribution in [0.4, 0.5) is 5.82 Å². The van der Waals surface area contributed by atoms with Crippen molar-refractivity contribution in [3.63, 3.8) is 0 Å². The van der Waals surface area contributed by atoms with Crippen molar-refractivity contribution < 1.29 is 0 Å². The summed E-state index contributed by atoms with van der Waals surface area (Å²) in [5.74, 6) is 0.849. The van der Waals surface area contributed by atoms with E-state index in [9.17, 15) is 0 Å². The largest absolute Gasteiger partial charge is 0.373 e. The van der Waals surface area contributed by atoms with E-state index >= 15 is 0 Å². The van der Waals surface area contributed by atoms with Crippen LogP contribution >= 0.6 is 11.6 Å². The number of rotatable bonds is 1. The minimum atomic E-state index is 0.707. The number of aryl methyl sites for hydroxylation is 1. The Morgan fingerprint density at radius 2 is 2.00 bits per heavy atom. The molecule has 0 unspecified atom stereocenters. The molecule has 0 radical (unpaired) electrons. The molecule has 12 heavy (non-hydrogen) atoms. The summed E-state index contributed by atoms with van der Waals surface area (Å²) < 4.78 is 0. The third kappa shape index (κ3) is 3.09. The van der Waals surface area contributed by atoms with Gasteiger partial charge in [0, 0.05) is 13.2 Å². The van der Waals surface area contributed by atoms with Gasteiger partial charge in [-0.3, -0.25) is 0 Å². The fourth-order valence-corrected chi connectivity index (χ4v) is 0.779. The third-order valence-electron chi connectivity index (χ3n) is 1.30. The molecule has 0 aliphatic heterocycles. The molecule has 0 aliphatic carbocycles. The Bertz CT molecular complexity index is 236. The third-order valence-corrected chi connectivity index (χ3v) is 1.70. The Labute approximate surface area is 79.0 Å². The van der Waals surface area contributed by atoms with Crippen LogP contribution in [0.2, 0.25) is 5.02 Å². The molecule has 3 heteroatoms. The molecule has 0 saturated heterocycles. The topological polar surface area (TPSA) is 24.9 Å². The summed E-state index contributed by atoms with van der Waals surface area (Å²) in [5, 5.41) is 3.63. The van der Waals surface area contributed by atoms with Crippen LogP contribution in [0.1, 0.15) is 19.4 Å². The van der Waals surface area contributed by atoms with Gasteiger partial charge in [0.15, 0.2) is 0 Å². The molecule has 1 rings (SSSR count). The molecule has 0 saturated carbocycles. The van der Waals surface area contributed by atoms with Crippen molar-refractivity contribution in [3.8, 4) is 0 Å². The molecule has 1 N–H and O–H groups in total. The molecule has 0 atom stereocenters. The molecule has 0 aliphatic rings. The van der Waals surface area contributed by atoms with Crippen molar-refractivity contribution >= 4 is 17.4 Å². The van der Waals surface area contributed by atoms with E-state index in [1.165, 1.54) is 0 Å². The zero-order valence-electron chi connectivity index (χ0n) is 7.98. The van der Waals surface area contributed by atoms with Gasteiger partial charge >= 0.3 is 0 Å². The Hall–Kier alpha value is -0.760. The average molecular weight is 187 g/mol. The maximum absolute atomic E-state index is 5.75. The Balaban J connectivity index is 0.000000561. The molecule has 1 aromatic heterocycles. The minimum Gasteiger partial charge on any atom is -0.373 e. The van der Waals surface area contributed by atoms with Crippen LogP contribution in [0, 0.1) is 6.92 Å². The van der Waals surface area contributed by atoms with Crippen LogP contribution in [-0.4, -0.2) is 12.0 Å². The van der Waals surface area contributed by atoms with Crippen molar-refractivity contribution in [3.05, 3.63) is 22.8 Å². The number of pyridine rings is 1. The first-order valence-corrected chi connectivity index (χ1v) is 4.41. The van der Waals surface area contributed by atoms with Gasteiger partial charge in [0.2, 0.25) is 0 Å². The van der Waals surface area contributed by atoms with Gasteiger partial charge in [-0.25, -0.2) is 4.98 Å². The summed E-state index contributed by atoms with van der Waals surface area (Å²) in [5.41, 5.74) is 1.04. The molecule has 1 heterocycles. The fraction of sp³-hybridized carbons (Fsp3) is 0.444. The highest BCUT2D eigenvalue weighted by Crippen LogP contribution is 2.15.